The Kier molecular flexibility index (Phi) is 5.21. The molecule has 22 heavy (non-hydrogen) atoms. The summed E-state index contributed by atoms with van der Waals surface area (Å²) in [6.07, 6.45) is 1.79. The molecule has 0 aliphatic carbocycles. The van der Waals surface area contributed by atoms with E-state index in [1.54, 1.807) is 26.2 Å². The zero-order chi connectivity index (χ0) is 16.3. The summed E-state index contributed by atoms with van der Waals surface area (Å²) in [5.41, 5.74) is 2.33. The monoisotopic (exact) mass is 321 g/mol. The largest absolute Gasteiger partial charge is 0.393 e. The van der Waals surface area contributed by atoms with Crippen LogP contribution in [0.25, 0.3) is 10.9 Å². The van der Waals surface area contributed by atoms with Crippen LogP contribution >= 0.6 is 11.6 Å². The molecular weight excluding hydrogens is 302 g/mol. The number of carbonyl (C=O) groups excluding carboxylic acids is 1. The first-order valence-corrected chi connectivity index (χ1v) is 7.52. The fourth-order valence-electron chi connectivity index (χ4n) is 2.19. The molecule has 1 aromatic heterocycles. The highest BCUT2D eigenvalue weighted by molar-refractivity contribution is 6.35. The maximum absolute atomic E-state index is 12.3. The van der Waals surface area contributed by atoms with Crippen LogP contribution in [0, 0.1) is 6.92 Å². The zero-order valence-electron chi connectivity index (χ0n) is 12.9. The molecule has 0 saturated heterocycles. The van der Waals surface area contributed by atoms with Gasteiger partial charge in [0.2, 0.25) is 0 Å². The molecule has 5 nitrogen and oxygen atoms in total. The number of aliphatic hydroxyl groups is 1. The average molecular weight is 322 g/mol. The number of halogens is 1. The highest BCUT2D eigenvalue weighted by Crippen LogP contribution is 2.32. The van der Waals surface area contributed by atoms with Crippen molar-refractivity contribution in [3.8, 4) is 0 Å². The topological polar surface area (TPSA) is 65.5 Å². The first kappa shape index (κ1) is 16.5. The van der Waals surface area contributed by atoms with Gasteiger partial charge in [0, 0.05) is 25.2 Å². The summed E-state index contributed by atoms with van der Waals surface area (Å²) in [4.78, 5) is 18.1. The second-order valence-corrected chi connectivity index (χ2v) is 5.85. The number of nitrogens with zero attached hydrogens (tertiary/aromatic N) is 2. The number of carbonyl (C=O) groups is 1. The van der Waals surface area contributed by atoms with Crippen LogP contribution in [-0.4, -0.2) is 40.7 Å². The van der Waals surface area contributed by atoms with Gasteiger partial charge in [-0.05, 0) is 44.0 Å². The third-order valence-electron chi connectivity index (χ3n) is 3.49. The predicted octanol–water partition coefficient (Wildman–Crippen LogP) is 3.43. The van der Waals surface area contributed by atoms with Crippen molar-refractivity contribution in [2.24, 2.45) is 0 Å². The molecule has 6 heteroatoms. The van der Waals surface area contributed by atoms with Crippen LogP contribution in [0.15, 0.2) is 24.4 Å². The zero-order valence-corrected chi connectivity index (χ0v) is 13.7. The van der Waals surface area contributed by atoms with Crippen LogP contribution in [0.2, 0.25) is 5.02 Å². The number of nitrogens with one attached hydrogen (secondary N) is 1. The maximum atomic E-state index is 12.3. The van der Waals surface area contributed by atoms with Gasteiger partial charge in [-0.15, -0.1) is 0 Å². The van der Waals surface area contributed by atoms with Crippen LogP contribution in [0.4, 0.5) is 10.5 Å². The summed E-state index contributed by atoms with van der Waals surface area (Å²) >= 11 is 6.28. The summed E-state index contributed by atoms with van der Waals surface area (Å²) in [7, 11) is 1.68. The Bertz CT molecular complexity index is 688. The minimum Gasteiger partial charge on any atom is -0.393 e. The van der Waals surface area contributed by atoms with Crippen LogP contribution < -0.4 is 5.32 Å². The third-order valence-corrected chi connectivity index (χ3v) is 3.79. The van der Waals surface area contributed by atoms with Gasteiger partial charge in [-0.25, -0.2) is 4.79 Å². The first-order valence-electron chi connectivity index (χ1n) is 7.14. The number of rotatable bonds is 4. The van der Waals surface area contributed by atoms with E-state index in [0.29, 0.717) is 23.7 Å². The normalized spacial score (nSPS) is 12.2. The van der Waals surface area contributed by atoms with E-state index in [1.807, 2.05) is 19.1 Å². The summed E-state index contributed by atoms with van der Waals surface area (Å²) in [6.45, 7) is 4.09. The number of pyridine rings is 1. The molecule has 1 heterocycles. The van der Waals surface area contributed by atoms with Crippen LogP contribution in [0.5, 0.6) is 0 Å². The molecule has 1 atom stereocenters. The molecule has 0 bridgehead atoms. The van der Waals surface area contributed by atoms with E-state index >= 15 is 0 Å². The standard InChI is InChI=1S/C16H20ClN3O2/c1-10-9-13(17)15(12-5-4-7-18-14(10)12)19-16(22)20(3)8-6-11(2)21/h4-5,7,9,11,21H,6,8H2,1-3H3,(H,19,22)/t11-/m0/s1. The van der Waals surface area contributed by atoms with E-state index in [4.69, 9.17) is 11.6 Å². The highest BCUT2D eigenvalue weighted by Gasteiger charge is 2.15. The van der Waals surface area contributed by atoms with E-state index in [1.165, 1.54) is 4.90 Å². The van der Waals surface area contributed by atoms with Gasteiger partial charge in [-0.2, -0.15) is 0 Å². The third kappa shape index (κ3) is 3.67. The number of aromatic nitrogens is 1. The molecule has 118 valence electrons. The highest BCUT2D eigenvalue weighted by atomic mass is 35.5. The summed E-state index contributed by atoms with van der Waals surface area (Å²) < 4.78 is 0. The van der Waals surface area contributed by atoms with Gasteiger partial charge in [0.1, 0.15) is 0 Å². The SMILES string of the molecule is Cc1cc(Cl)c(NC(=O)N(C)CC[C@H](C)O)c2cccnc12. The van der Waals surface area contributed by atoms with Crippen molar-refractivity contribution in [2.75, 3.05) is 18.9 Å². The number of urea groups is 1. The molecule has 2 amide bonds. The quantitative estimate of drug-likeness (QED) is 0.906. The van der Waals surface area contributed by atoms with E-state index < -0.39 is 6.10 Å². The second kappa shape index (κ2) is 6.94. The number of aliphatic hydroxyl groups excluding tert-OH is 1. The van der Waals surface area contributed by atoms with Crippen molar-refractivity contribution in [2.45, 2.75) is 26.4 Å². The second-order valence-electron chi connectivity index (χ2n) is 5.44. The van der Waals surface area contributed by atoms with Gasteiger partial charge in [0.05, 0.1) is 22.3 Å². The van der Waals surface area contributed by atoms with Crippen LogP contribution in [0.3, 0.4) is 0 Å². The molecule has 2 aromatic rings. The number of fused-ring (bicyclic) bond motifs is 1. The summed E-state index contributed by atoms with van der Waals surface area (Å²) in [6, 6.07) is 5.22. The number of aryl methyl sites for hydroxylation is 1. The van der Waals surface area contributed by atoms with E-state index in [9.17, 15) is 9.90 Å². The van der Waals surface area contributed by atoms with Gasteiger partial charge >= 0.3 is 6.03 Å². The van der Waals surface area contributed by atoms with Crippen molar-refractivity contribution >= 4 is 34.2 Å². The molecule has 0 saturated carbocycles. The van der Waals surface area contributed by atoms with Gasteiger partial charge in [-0.1, -0.05) is 11.6 Å². The van der Waals surface area contributed by atoms with E-state index in [0.717, 1.165) is 16.5 Å². The number of hydrogen-bond acceptors (Lipinski definition) is 3. The number of hydrogen-bond donors (Lipinski definition) is 2. The molecule has 0 fully saturated rings. The predicted molar refractivity (Wildman–Crippen MR) is 89.4 cm³/mol. The van der Waals surface area contributed by atoms with E-state index in [-0.39, 0.29) is 6.03 Å². The fourth-order valence-corrected chi connectivity index (χ4v) is 2.50. The molecular formula is C16H20ClN3O2. The average Bonchev–Trinajstić information content (AvgIpc) is 2.48. The Labute approximate surface area is 134 Å². The molecule has 2 N–H and O–H groups in total. The van der Waals surface area contributed by atoms with Gasteiger partial charge < -0.3 is 15.3 Å². The van der Waals surface area contributed by atoms with E-state index in [2.05, 4.69) is 10.3 Å². The van der Waals surface area contributed by atoms with Crippen molar-refractivity contribution in [3.63, 3.8) is 0 Å². The molecule has 0 aliphatic heterocycles. The lowest BCUT2D eigenvalue weighted by Crippen LogP contribution is -2.33. The Morgan fingerprint density at radius 2 is 2.27 bits per heavy atom. The lowest BCUT2D eigenvalue weighted by Gasteiger charge is -2.20. The van der Waals surface area contributed by atoms with Crippen molar-refractivity contribution in [1.29, 1.82) is 0 Å². The maximum Gasteiger partial charge on any atom is 0.321 e. The molecule has 2 rings (SSSR count). The Morgan fingerprint density at radius 3 is 2.95 bits per heavy atom. The van der Waals surface area contributed by atoms with Gasteiger partial charge in [0.15, 0.2) is 0 Å². The number of anilines is 1. The van der Waals surface area contributed by atoms with Crippen molar-refractivity contribution < 1.29 is 9.90 Å². The Balaban J connectivity index is 2.26. The van der Waals surface area contributed by atoms with Crippen molar-refractivity contribution in [1.82, 2.24) is 9.88 Å². The molecule has 0 spiro atoms. The van der Waals surface area contributed by atoms with Gasteiger partial charge in [0.25, 0.3) is 0 Å². The smallest absolute Gasteiger partial charge is 0.321 e. The van der Waals surface area contributed by atoms with Gasteiger partial charge in [-0.3, -0.25) is 4.98 Å². The Morgan fingerprint density at radius 1 is 1.55 bits per heavy atom. The first-order chi connectivity index (χ1) is 10.4. The summed E-state index contributed by atoms with van der Waals surface area (Å²) in [5.74, 6) is 0. The molecule has 0 unspecified atom stereocenters. The molecule has 0 radical (unpaired) electrons. The minimum absolute atomic E-state index is 0.267. The summed E-state index contributed by atoms with van der Waals surface area (Å²) in [5, 5.41) is 13.4. The Hall–Kier alpha value is -1.85. The lowest BCUT2D eigenvalue weighted by atomic mass is 10.1. The fraction of sp³-hybridized carbons (Fsp3) is 0.375. The number of benzene rings is 1. The molecule has 1 aromatic carbocycles. The molecule has 0 aliphatic rings. The van der Waals surface area contributed by atoms with Crippen molar-refractivity contribution in [3.05, 3.63) is 35.0 Å². The minimum atomic E-state index is -0.441. The lowest BCUT2D eigenvalue weighted by molar-refractivity contribution is 0.167. The number of amides is 2. The van der Waals surface area contributed by atoms with Crippen LogP contribution in [-0.2, 0) is 0 Å². The van der Waals surface area contributed by atoms with Crippen LogP contribution in [0.1, 0.15) is 18.9 Å².